The lowest BCUT2D eigenvalue weighted by Crippen LogP contribution is -2.50. The Morgan fingerprint density at radius 1 is 1.52 bits per heavy atom. The summed E-state index contributed by atoms with van der Waals surface area (Å²) in [5.74, 6) is 1.31. The van der Waals surface area contributed by atoms with Crippen molar-refractivity contribution in [3.8, 4) is 17.4 Å². The minimum Gasteiger partial charge on any atom is -0.439 e. The molecule has 0 bridgehead atoms. The molecule has 1 atom stereocenters. The van der Waals surface area contributed by atoms with E-state index in [1.165, 1.54) is 0 Å². The van der Waals surface area contributed by atoms with E-state index in [0.717, 1.165) is 18.7 Å². The molecule has 1 aromatic carbocycles. The van der Waals surface area contributed by atoms with Crippen molar-refractivity contribution in [2.24, 2.45) is 0 Å². The average molecular weight is 303 g/mol. The van der Waals surface area contributed by atoms with Gasteiger partial charge in [0.2, 0.25) is 5.89 Å². The molecule has 1 N–H and O–H groups in total. The van der Waals surface area contributed by atoms with Crippen LogP contribution in [0.3, 0.4) is 0 Å². The van der Waals surface area contributed by atoms with Gasteiger partial charge in [-0.2, -0.15) is 5.26 Å². The quantitative estimate of drug-likeness (QED) is 0.942. The molecule has 2 heterocycles. The molecule has 0 radical (unpaired) electrons. The van der Waals surface area contributed by atoms with Crippen molar-refractivity contribution in [2.45, 2.75) is 12.6 Å². The third kappa shape index (κ3) is 3.24. The largest absolute Gasteiger partial charge is 0.439 e. The first kappa shape index (κ1) is 14.1. The Bertz CT molecular complexity index is 664. The summed E-state index contributed by atoms with van der Waals surface area (Å²) in [4.78, 5) is 6.38. The maximum Gasteiger partial charge on any atom is 0.209 e. The lowest BCUT2D eigenvalue weighted by Gasteiger charge is -2.30. The lowest BCUT2D eigenvalue weighted by molar-refractivity contribution is 0.173. The number of aromatic nitrogens is 1. The van der Waals surface area contributed by atoms with Gasteiger partial charge in [-0.1, -0.05) is 23.7 Å². The monoisotopic (exact) mass is 302 g/mol. The predicted octanol–water partition coefficient (Wildman–Crippen LogP) is 2.29. The standard InChI is InChI=1S/C15H15ClN4O/c16-12-3-1-2-11(6-12)14-9-19-15(21-14)10-20-5-4-18-8-13(20)7-17/h1-3,6,9,13,18H,4-5,8,10H2. The number of hydrogen-bond acceptors (Lipinski definition) is 5. The van der Waals surface area contributed by atoms with Crippen LogP contribution in [0.25, 0.3) is 11.3 Å². The van der Waals surface area contributed by atoms with E-state index in [4.69, 9.17) is 21.3 Å². The molecule has 0 aliphatic carbocycles. The molecule has 1 saturated heterocycles. The van der Waals surface area contributed by atoms with Crippen molar-refractivity contribution in [1.29, 1.82) is 5.26 Å². The number of nitrogens with one attached hydrogen (secondary N) is 1. The molecule has 1 unspecified atom stereocenters. The minimum absolute atomic E-state index is 0.139. The first-order chi connectivity index (χ1) is 10.3. The van der Waals surface area contributed by atoms with Crippen LogP contribution in [-0.4, -0.2) is 35.6 Å². The van der Waals surface area contributed by atoms with E-state index in [1.807, 2.05) is 24.3 Å². The van der Waals surface area contributed by atoms with Crippen LogP contribution in [0.5, 0.6) is 0 Å². The molecule has 6 heteroatoms. The number of halogens is 1. The number of nitrogens with zero attached hydrogens (tertiary/aromatic N) is 3. The summed E-state index contributed by atoms with van der Waals surface area (Å²) in [6.45, 7) is 2.91. The highest BCUT2D eigenvalue weighted by Gasteiger charge is 2.23. The molecule has 1 aliphatic rings. The molecule has 3 rings (SSSR count). The molecule has 1 aliphatic heterocycles. The Hall–Kier alpha value is -1.87. The van der Waals surface area contributed by atoms with Gasteiger partial charge >= 0.3 is 0 Å². The van der Waals surface area contributed by atoms with Crippen molar-refractivity contribution < 1.29 is 4.42 Å². The molecular formula is C15H15ClN4O. The fourth-order valence-corrected chi connectivity index (χ4v) is 2.59. The highest BCUT2D eigenvalue weighted by atomic mass is 35.5. The molecule has 1 aromatic heterocycles. The Labute approximate surface area is 128 Å². The molecule has 108 valence electrons. The van der Waals surface area contributed by atoms with E-state index < -0.39 is 0 Å². The molecule has 0 saturated carbocycles. The van der Waals surface area contributed by atoms with Gasteiger partial charge in [0.05, 0.1) is 18.8 Å². The van der Waals surface area contributed by atoms with Crippen LogP contribution >= 0.6 is 11.6 Å². The second-order valence-electron chi connectivity index (χ2n) is 4.95. The SMILES string of the molecule is N#CC1CNCCN1Cc1ncc(-c2cccc(Cl)c2)o1. The Kier molecular flexibility index (Phi) is 4.20. The van der Waals surface area contributed by atoms with Crippen LogP contribution in [0.4, 0.5) is 0 Å². The van der Waals surface area contributed by atoms with Crippen molar-refractivity contribution in [2.75, 3.05) is 19.6 Å². The van der Waals surface area contributed by atoms with Crippen LogP contribution in [0.15, 0.2) is 34.9 Å². The zero-order valence-electron chi connectivity index (χ0n) is 11.4. The summed E-state index contributed by atoms with van der Waals surface area (Å²) in [6.07, 6.45) is 1.70. The summed E-state index contributed by atoms with van der Waals surface area (Å²) in [7, 11) is 0. The summed E-state index contributed by atoms with van der Waals surface area (Å²) in [6, 6.07) is 9.63. The van der Waals surface area contributed by atoms with Gasteiger partial charge in [-0.05, 0) is 12.1 Å². The van der Waals surface area contributed by atoms with Crippen LogP contribution in [0.1, 0.15) is 5.89 Å². The number of piperazine rings is 1. The van der Waals surface area contributed by atoms with Crippen molar-refractivity contribution >= 4 is 11.6 Å². The second kappa shape index (κ2) is 6.27. The van der Waals surface area contributed by atoms with Gasteiger partial charge in [-0.15, -0.1) is 0 Å². The van der Waals surface area contributed by atoms with Crippen LogP contribution in [-0.2, 0) is 6.54 Å². The van der Waals surface area contributed by atoms with Gasteiger partial charge < -0.3 is 9.73 Å². The van der Waals surface area contributed by atoms with E-state index >= 15 is 0 Å². The highest BCUT2D eigenvalue weighted by Crippen LogP contribution is 2.24. The maximum atomic E-state index is 9.16. The Balaban J connectivity index is 1.75. The van der Waals surface area contributed by atoms with Gasteiger partial charge in [0.1, 0.15) is 6.04 Å². The molecule has 0 amide bonds. The van der Waals surface area contributed by atoms with E-state index in [2.05, 4.69) is 21.3 Å². The first-order valence-corrected chi connectivity index (χ1v) is 7.19. The average Bonchev–Trinajstić information content (AvgIpc) is 2.96. The normalized spacial score (nSPS) is 19.3. The van der Waals surface area contributed by atoms with E-state index in [1.54, 1.807) is 6.20 Å². The second-order valence-corrected chi connectivity index (χ2v) is 5.38. The zero-order chi connectivity index (χ0) is 14.7. The summed E-state index contributed by atoms with van der Waals surface area (Å²) in [5, 5.41) is 13.0. The van der Waals surface area contributed by atoms with Crippen LogP contribution in [0, 0.1) is 11.3 Å². The number of hydrogen-bond donors (Lipinski definition) is 1. The molecule has 1 fully saturated rings. The number of benzene rings is 1. The van der Waals surface area contributed by atoms with E-state index in [-0.39, 0.29) is 6.04 Å². The first-order valence-electron chi connectivity index (χ1n) is 6.81. The fraction of sp³-hybridized carbons (Fsp3) is 0.333. The third-order valence-electron chi connectivity index (χ3n) is 3.50. The van der Waals surface area contributed by atoms with Crippen LogP contribution < -0.4 is 5.32 Å². The number of rotatable bonds is 3. The van der Waals surface area contributed by atoms with Crippen molar-refractivity contribution in [3.05, 3.63) is 41.4 Å². The van der Waals surface area contributed by atoms with Crippen molar-refractivity contribution in [1.82, 2.24) is 15.2 Å². The summed E-state index contributed by atoms with van der Waals surface area (Å²) < 4.78 is 5.78. The number of nitriles is 1. The van der Waals surface area contributed by atoms with Gasteiger partial charge in [0, 0.05) is 30.2 Å². The van der Waals surface area contributed by atoms with E-state index in [9.17, 15) is 0 Å². The molecule has 0 spiro atoms. The Morgan fingerprint density at radius 2 is 2.43 bits per heavy atom. The molecule has 21 heavy (non-hydrogen) atoms. The van der Waals surface area contributed by atoms with Gasteiger partial charge in [0.25, 0.3) is 0 Å². The molecule has 2 aromatic rings. The maximum absolute atomic E-state index is 9.16. The topological polar surface area (TPSA) is 65.1 Å². The minimum atomic E-state index is -0.139. The van der Waals surface area contributed by atoms with Crippen LogP contribution in [0.2, 0.25) is 5.02 Å². The summed E-state index contributed by atoms with van der Waals surface area (Å²) in [5.41, 5.74) is 0.901. The fourth-order valence-electron chi connectivity index (χ4n) is 2.40. The number of oxazole rings is 1. The zero-order valence-corrected chi connectivity index (χ0v) is 12.2. The van der Waals surface area contributed by atoms with Gasteiger partial charge in [0.15, 0.2) is 5.76 Å². The van der Waals surface area contributed by atoms with Gasteiger partial charge in [-0.25, -0.2) is 4.98 Å². The highest BCUT2D eigenvalue weighted by molar-refractivity contribution is 6.30. The van der Waals surface area contributed by atoms with Gasteiger partial charge in [-0.3, -0.25) is 4.90 Å². The Morgan fingerprint density at radius 3 is 3.24 bits per heavy atom. The van der Waals surface area contributed by atoms with Crippen molar-refractivity contribution in [3.63, 3.8) is 0 Å². The third-order valence-corrected chi connectivity index (χ3v) is 3.74. The molecule has 5 nitrogen and oxygen atoms in total. The lowest BCUT2D eigenvalue weighted by atomic mass is 10.2. The molecular weight excluding hydrogens is 288 g/mol. The predicted molar refractivity (Wildman–Crippen MR) is 79.6 cm³/mol. The smallest absolute Gasteiger partial charge is 0.209 e. The summed E-state index contributed by atoms with van der Waals surface area (Å²) >= 11 is 5.98. The van der Waals surface area contributed by atoms with E-state index in [0.29, 0.717) is 29.8 Å².